The minimum atomic E-state index is -0.353. The zero-order valence-corrected chi connectivity index (χ0v) is 10.2. The number of anilines is 1. The lowest BCUT2D eigenvalue weighted by molar-refractivity contribution is -0.0278. The topological polar surface area (TPSA) is 32.7 Å². The van der Waals surface area contributed by atoms with Crippen LogP contribution in [0, 0.1) is 5.82 Å². The minimum Gasteiger partial charge on any atom is -0.391 e. The maximum atomic E-state index is 13.6. The summed E-state index contributed by atoms with van der Waals surface area (Å²) in [5, 5.41) is 9.26. The molecule has 1 saturated heterocycles. The van der Waals surface area contributed by atoms with Crippen LogP contribution >= 0.6 is 0 Å². The SMILES string of the molecule is CC1(C)CN(c2cccc(F)c2CO)CCO1. The van der Waals surface area contributed by atoms with Gasteiger partial charge in [0, 0.05) is 24.3 Å². The number of ether oxygens (including phenoxy) is 1. The van der Waals surface area contributed by atoms with Crippen LogP contribution in [0.5, 0.6) is 0 Å². The van der Waals surface area contributed by atoms with Gasteiger partial charge in [0.05, 0.1) is 18.8 Å². The number of benzene rings is 1. The van der Waals surface area contributed by atoms with Crippen LogP contribution < -0.4 is 4.90 Å². The Labute approximate surface area is 101 Å². The van der Waals surface area contributed by atoms with Gasteiger partial charge in [-0.1, -0.05) is 6.07 Å². The fourth-order valence-corrected chi connectivity index (χ4v) is 2.22. The number of aliphatic hydroxyl groups is 1. The molecule has 0 unspecified atom stereocenters. The lowest BCUT2D eigenvalue weighted by atomic mass is 10.0. The van der Waals surface area contributed by atoms with Crippen molar-refractivity contribution in [1.82, 2.24) is 0 Å². The third kappa shape index (κ3) is 2.58. The third-order valence-corrected chi connectivity index (χ3v) is 3.02. The Balaban J connectivity index is 2.30. The zero-order chi connectivity index (χ0) is 12.5. The number of nitrogens with zero attached hydrogens (tertiary/aromatic N) is 1. The second-order valence-corrected chi connectivity index (χ2v) is 4.93. The van der Waals surface area contributed by atoms with Crippen LogP contribution in [-0.2, 0) is 11.3 Å². The molecule has 0 aromatic heterocycles. The van der Waals surface area contributed by atoms with Crippen LogP contribution in [0.25, 0.3) is 0 Å². The fraction of sp³-hybridized carbons (Fsp3) is 0.538. The molecule has 0 saturated carbocycles. The van der Waals surface area contributed by atoms with Crippen LogP contribution in [0.15, 0.2) is 18.2 Å². The standard InChI is InChI=1S/C13H18FNO2/c1-13(2)9-15(6-7-17-13)12-5-3-4-11(14)10(12)8-16/h3-5,16H,6-9H2,1-2H3. The van der Waals surface area contributed by atoms with E-state index in [0.29, 0.717) is 18.7 Å². The summed E-state index contributed by atoms with van der Waals surface area (Å²) in [6.07, 6.45) is 0. The first-order chi connectivity index (χ1) is 8.03. The Hall–Kier alpha value is -1.13. The molecule has 0 radical (unpaired) electrons. The van der Waals surface area contributed by atoms with E-state index in [-0.39, 0.29) is 18.0 Å². The quantitative estimate of drug-likeness (QED) is 0.856. The molecule has 17 heavy (non-hydrogen) atoms. The summed E-state index contributed by atoms with van der Waals surface area (Å²) in [5.41, 5.74) is 0.895. The van der Waals surface area contributed by atoms with Crippen molar-refractivity contribution < 1.29 is 14.2 Å². The van der Waals surface area contributed by atoms with Crippen molar-refractivity contribution in [3.63, 3.8) is 0 Å². The molecule has 4 heteroatoms. The maximum absolute atomic E-state index is 13.6. The minimum absolute atomic E-state index is 0.239. The van der Waals surface area contributed by atoms with E-state index in [9.17, 15) is 9.50 Å². The lowest BCUT2D eigenvalue weighted by Gasteiger charge is -2.40. The van der Waals surface area contributed by atoms with Gasteiger partial charge in [-0.15, -0.1) is 0 Å². The molecule has 0 atom stereocenters. The summed E-state index contributed by atoms with van der Waals surface area (Å²) in [5.74, 6) is -0.353. The Morgan fingerprint density at radius 3 is 2.88 bits per heavy atom. The highest BCUT2D eigenvalue weighted by molar-refractivity contribution is 5.54. The first-order valence-corrected chi connectivity index (χ1v) is 5.81. The molecule has 0 amide bonds. The predicted octanol–water partition coefficient (Wildman–Crippen LogP) is 1.93. The fourth-order valence-electron chi connectivity index (χ4n) is 2.22. The van der Waals surface area contributed by atoms with E-state index in [0.717, 1.165) is 12.2 Å². The van der Waals surface area contributed by atoms with Gasteiger partial charge in [0.25, 0.3) is 0 Å². The van der Waals surface area contributed by atoms with Crippen molar-refractivity contribution in [2.75, 3.05) is 24.6 Å². The summed E-state index contributed by atoms with van der Waals surface area (Å²) in [6.45, 7) is 5.78. The number of hydrogen-bond acceptors (Lipinski definition) is 3. The number of aliphatic hydroxyl groups excluding tert-OH is 1. The van der Waals surface area contributed by atoms with Crippen molar-refractivity contribution in [3.8, 4) is 0 Å². The summed E-state index contributed by atoms with van der Waals surface area (Å²) >= 11 is 0. The van der Waals surface area contributed by atoms with Crippen molar-refractivity contribution in [2.45, 2.75) is 26.1 Å². The van der Waals surface area contributed by atoms with Crippen molar-refractivity contribution >= 4 is 5.69 Å². The third-order valence-electron chi connectivity index (χ3n) is 3.02. The Morgan fingerprint density at radius 1 is 1.47 bits per heavy atom. The van der Waals surface area contributed by atoms with Gasteiger partial charge in [0.2, 0.25) is 0 Å². The lowest BCUT2D eigenvalue weighted by Crippen LogP contribution is -2.48. The summed E-state index contributed by atoms with van der Waals surface area (Å²) in [6, 6.07) is 4.89. The Kier molecular flexibility index (Phi) is 3.35. The number of morpholine rings is 1. The van der Waals surface area contributed by atoms with Crippen LogP contribution in [0.1, 0.15) is 19.4 Å². The zero-order valence-electron chi connectivity index (χ0n) is 10.2. The van der Waals surface area contributed by atoms with Gasteiger partial charge in [0.1, 0.15) is 5.82 Å². The normalized spacial score (nSPS) is 19.4. The molecular weight excluding hydrogens is 221 g/mol. The molecule has 1 heterocycles. The average Bonchev–Trinajstić information content (AvgIpc) is 2.27. The van der Waals surface area contributed by atoms with E-state index in [1.807, 2.05) is 19.9 Å². The van der Waals surface area contributed by atoms with Crippen LogP contribution in [-0.4, -0.2) is 30.4 Å². The molecule has 1 fully saturated rings. The second kappa shape index (κ2) is 4.63. The molecule has 1 aliphatic heterocycles. The van der Waals surface area contributed by atoms with Crippen molar-refractivity contribution in [2.24, 2.45) is 0 Å². The monoisotopic (exact) mass is 239 g/mol. The smallest absolute Gasteiger partial charge is 0.130 e. The number of hydrogen-bond donors (Lipinski definition) is 1. The van der Waals surface area contributed by atoms with E-state index in [2.05, 4.69) is 4.90 Å². The van der Waals surface area contributed by atoms with E-state index < -0.39 is 0 Å². The molecule has 1 N–H and O–H groups in total. The molecule has 0 spiro atoms. The van der Waals surface area contributed by atoms with E-state index in [1.54, 1.807) is 6.07 Å². The van der Waals surface area contributed by atoms with Crippen LogP contribution in [0.3, 0.4) is 0 Å². The van der Waals surface area contributed by atoms with Gasteiger partial charge < -0.3 is 14.7 Å². The van der Waals surface area contributed by atoms with Crippen molar-refractivity contribution in [1.29, 1.82) is 0 Å². The van der Waals surface area contributed by atoms with Gasteiger partial charge in [-0.2, -0.15) is 0 Å². The van der Waals surface area contributed by atoms with Gasteiger partial charge >= 0.3 is 0 Å². The van der Waals surface area contributed by atoms with E-state index in [1.165, 1.54) is 6.07 Å². The summed E-state index contributed by atoms with van der Waals surface area (Å²) in [4.78, 5) is 2.07. The molecule has 2 rings (SSSR count). The molecule has 1 aliphatic rings. The number of rotatable bonds is 2. The largest absolute Gasteiger partial charge is 0.391 e. The van der Waals surface area contributed by atoms with Gasteiger partial charge in [0.15, 0.2) is 0 Å². The Bertz CT molecular complexity index is 406. The highest BCUT2D eigenvalue weighted by Crippen LogP contribution is 2.27. The molecule has 1 aromatic rings. The van der Waals surface area contributed by atoms with Crippen LogP contribution in [0.2, 0.25) is 0 Å². The average molecular weight is 239 g/mol. The highest BCUT2D eigenvalue weighted by atomic mass is 19.1. The first-order valence-electron chi connectivity index (χ1n) is 5.81. The predicted molar refractivity (Wildman–Crippen MR) is 64.6 cm³/mol. The molecule has 1 aromatic carbocycles. The maximum Gasteiger partial charge on any atom is 0.130 e. The highest BCUT2D eigenvalue weighted by Gasteiger charge is 2.28. The molecular formula is C13H18FNO2. The summed E-state index contributed by atoms with van der Waals surface area (Å²) < 4.78 is 19.2. The second-order valence-electron chi connectivity index (χ2n) is 4.93. The van der Waals surface area contributed by atoms with E-state index in [4.69, 9.17) is 4.74 Å². The van der Waals surface area contributed by atoms with E-state index >= 15 is 0 Å². The van der Waals surface area contributed by atoms with Crippen molar-refractivity contribution in [3.05, 3.63) is 29.6 Å². The van der Waals surface area contributed by atoms with Gasteiger partial charge in [-0.25, -0.2) is 4.39 Å². The molecule has 0 aliphatic carbocycles. The summed E-state index contributed by atoms with van der Waals surface area (Å²) in [7, 11) is 0. The molecule has 0 bridgehead atoms. The molecule has 3 nitrogen and oxygen atoms in total. The first kappa shape index (κ1) is 12.3. The molecule has 94 valence electrons. The van der Waals surface area contributed by atoms with Gasteiger partial charge in [-0.3, -0.25) is 0 Å². The number of halogens is 1. The Morgan fingerprint density at radius 2 is 2.24 bits per heavy atom. The van der Waals surface area contributed by atoms with Crippen LogP contribution in [0.4, 0.5) is 10.1 Å². The van der Waals surface area contributed by atoms with Gasteiger partial charge in [-0.05, 0) is 26.0 Å².